The van der Waals surface area contributed by atoms with Crippen molar-refractivity contribution in [3.63, 3.8) is 0 Å². The van der Waals surface area contributed by atoms with Crippen LogP contribution in [-0.4, -0.2) is 14.5 Å². The van der Waals surface area contributed by atoms with Crippen molar-refractivity contribution >= 4 is 26.0 Å². The number of halogens is 3. The van der Waals surface area contributed by atoms with E-state index in [0.29, 0.717) is 12.0 Å². The lowest BCUT2D eigenvalue weighted by Crippen LogP contribution is -2.33. The summed E-state index contributed by atoms with van der Waals surface area (Å²) in [7, 11) is -3.99. The molecule has 0 heterocycles. The molecule has 0 saturated heterocycles. The molecule has 0 radical (unpaired) electrons. The summed E-state index contributed by atoms with van der Waals surface area (Å²) in [5.41, 5.74) is 0. The van der Waals surface area contributed by atoms with Crippen molar-refractivity contribution in [2.75, 3.05) is 0 Å². The average molecular weight is 354 g/mol. The monoisotopic (exact) mass is 353 g/mol. The Bertz CT molecular complexity index is 564. The normalized spacial score (nSPS) is 17.5. The third-order valence-electron chi connectivity index (χ3n) is 2.97. The Morgan fingerprint density at radius 2 is 2.05 bits per heavy atom. The molecule has 7 heteroatoms. The zero-order valence-electron chi connectivity index (χ0n) is 10.3. The molecular weight excluding hydrogens is 340 g/mol. The highest BCUT2D eigenvalue weighted by atomic mass is 79.9. The molecule has 0 spiro atoms. The molecule has 19 heavy (non-hydrogen) atoms. The fraction of sp³-hybridized carbons (Fsp3) is 0.500. The fourth-order valence-corrected chi connectivity index (χ4v) is 4.43. The van der Waals surface area contributed by atoms with Crippen LogP contribution in [0.15, 0.2) is 21.5 Å². The highest BCUT2D eigenvalue weighted by molar-refractivity contribution is 9.10. The number of nitrogens with one attached hydrogen (secondary N) is 1. The SMILES string of the molecule is CC(CC1CC1)NS(=O)(=O)c1c(F)cc(F)cc1Br. The van der Waals surface area contributed by atoms with E-state index in [1.807, 2.05) is 0 Å². The van der Waals surface area contributed by atoms with Gasteiger partial charge in [0, 0.05) is 16.6 Å². The third-order valence-corrected chi connectivity index (χ3v) is 5.52. The van der Waals surface area contributed by atoms with E-state index >= 15 is 0 Å². The van der Waals surface area contributed by atoms with Gasteiger partial charge >= 0.3 is 0 Å². The van der Waals surface area contributed by atoms with Crippen LogP contribution in [0.25, 0.3) is 0 Å². The van der Waals surface area contributed by atoms with Crippen molar-refractivity contribution < 1.29 is 17.2 Å². The summed E-state index contributed by atoms with van der Waals surface area (Å²) in [4.78, 5) is -0.545. The van der Waals surface area contributed by atoms with Gasteiger partial charge in [-0.05, 0) is 41.3 Å². The molecule has 106 valence electrons. The van der Waals surface area contributed by atoms with Crippen LogP contribution in [0.5, 0.6) is 0 Å². The van der Waals surface area contributed by atoms with E-state index in [4.69, 9.17) is 0 Å². The molecule has 1 saturated carbocycles. The molecule has 2 rings (SSSR count). The minimum absolute atomic E-state index is 0.115. The van der Waals surface area contributed by atoms with Gasteiger partial charge in [0.1, 0.15) is 16.5 Å². The van der Waals surface area contributed by atoms with Crippen molar-refractivity contribution in [3.05, 3.63) is 28.2 Å². The van der Waals surface area contributed by atoms with Gasteiger partial charge in [-0.25, -0.2) is 21.9 Å². The van der Waals surface area contributed by atoms with E-state index in [-0.39, 0.29) is 10.5 Å². The van der Waals surface area contributed by atoms with Crippen LogP contribution in [0.4, 0.5) is 8.78 Å². The van der Waals surface area contributed by atoms with E-state index in [2.05, 4.69) is 20.7 Å². The Labute approximate surface area is 119 Å². The maximum Gasteiger partial charge on any atom is 0.244 e. The fourth-order valence-electron chi connectivity index (χ4n) is 2.01. The Balaban J connectivity index is 2.23. The van der Waals surface area contributed by atoms with Crippen LogP contribution in [0.3, 0.4) is 0 Å². The molecule has 0 bridgehead atoms. The minimum Gasteiger partial charge on any atom is -0.208 e. The number of sulfonamides is 1. The summed E-state index contributed by atoms with van der Waals surface area (Å²) >= 11 is 2.89. The zero-order valence-corrected chi connectivity index (χ0v) is 12.7. The highest BCUT2D eigenvalue weighted by Gasteiger charge is 2.29. The van der Waals surface area contributed by atoms with E-state index in [1.54, 1.807) is 6.92 Å². The van der Waals surface area contributed by atoms with Crippen molar-refractivity contribution in [3.8, 4) is 0 Å². The molecule has 1 unspecified atom stereocenters. The molecule has 3 nitrogen and oxygen atoms in total. The first kappa shape index (κ1) is 14.9. The summed E-state index contributed by atoms with van der Waals surface area (Å²) in [6, 6.07) is 1.22. The number of hydrogen-bond acceptors (Lipinski definition) is 2. The molecular formula is C12H14BrF2NO2S. The molecule has 1 N–H and O–H groups in total. The first-order chi connectivity index (χ1) is 8.79. The third kappa shape index (κ3) is 3.73. The van der Waals surface area contributed by atoms with E-state index in [1.165, 1.54) is 0 Å². The minimum atomic E-state index is -3.99. The van der Waals surface area contributed by atoms with Crippen LogP contribution < -0.4 is 4.72 Å². The first-order valence-corrected chi connectivity index (χ1v) is 8.24. The number of benzene rings is 1. The molecule has 0 aliphatic heterocycles. The predicted molar refractivity (Wildman–Crippen MR) is 71.2 cm³/mol. The lowest BCUT2D eigenvalue weighted by atomic mass is 10.2. The average Bonchev–Trinajstić information content (AvgIpc) is 2.97. The Morgan fingerprint density at radius 1 is 1.42 bits per heavy atom. The Kier molecular flexibility index (Phi) is 4.27. The number of hydrogen-bond donors (Lipinski definition) is 1. The molecule has 1 aromatic rings. The van der Waals surface area contributed by atoms with Crippen LogP contribution >= 0.6 is 15.9 Å². The highest BCUT2D eigenvalue weighted by Crippen LogP contribution is 2.34. The van der Waals surface area contributed by atoms with Gasteiger partial charge in [0.2, 0.25) is 10.0 Å². The molecule has 1 aromatic carbocycles. The van der Waals surface area contributed by atoms with Crippen molar-refractivity contribution in [1.29, 1.82) is 0 Å². The summed E-state index contributed by atoms with van der Waals surface area (Å²) in [5.74, 6) is -1.37. The van der Waals surface area contributed by atoms with Gasteiger partial charge in [0.05, 0.1) is 0 Å². The van der Waals surface area contributed by atoms with E-state index < -0.39 is 26.6 Å². The smallest absolute Gasteiger partial charge is 0.208 e. The van der Waals surface area contributed by atoms with Gasteiger partial charge in [0.15, 0.2) is 0 Å². The maximum absolute atomic E-state index is 13.6. The standard InChI is InChI=1S/C12H14BrF2NO2S/c1-7(4-8-2-3-8)16-19(17,18)12-10(13)5-9(14)6-11(12)15/h5-8,16H,2-4H2,1H3. The summed E-state index contributed by atoms with van der Waals surface area (Å²) in [6.07, 6.45) is 2.96. The molecule has 0 aromatic heterocycles. The molecule has 1 atom stereocenters. The zero-order chi connectivity index (χ0) is 14.2. The molecule has 1 aliphatic rings. The van der Waals surface area contributed by atoms with Gasteiger partial charge in [0.25, 0.3) is 0 Å². The van der Waals surface area contributed by atoms with Crippen molar-refractivity contribution in [2.24, 2.45) is 5.92 Å². The van der Waals surface area contributed by atoms with Crippen molar-refractivity contribution in [1.82, 2.24) is 4.72 Å². The molecule has 1 aliphatic carbocycles. The van der Waals surface area contributed by atoms with Gasteiger partial charge in [-0.1, -0.05) is 12.8 Å². The first-order valence-electron chi connectivity index (χ1n) is 5.96. The van der Waals surface area contributed by atoms with E-state index in [9.17, 15) is 17.2 Å². The number of rotatable bonds is 5. The summed E-state index contributed by atoms with van der Waals surface area (Å²) in [5, 5.41) is 0. The predicted octanol–water partition coefficient (Wildman–Crippen LogP) is 3.19. The second-order valence-electron chi connectivity index (χ2n) is 4.90. The van der Waals surface area contributed by atoms with Gasteiger partial charge in [-0.15, -0.1) is 0 Å². The Morgan fingerprint density at radius 3 is 2.58 bits per heavy atom. The van der Waals surface area contributed by atoms with Crippen LogP contribution in [0.1, 0.15) is 26.2 Å². The van der Waals surface area contributed by atoms with Gasteiger partial charge < -0.3 is 0 Å². The second kappa shape index (κ2) is 5.46. The lowest BCUT2D eigenvalue weighted by molar-refractivity contribution is 0.515. The van der Waals surface area contributed by atoms with E-state index in [0.717, 1.165) is 25.3 Å². The maximum atomic E-state index is 13.6. The van der Waals surface area contributed by atoms with Gasteiger partial charge in [-0.2, -0.15) is 0 Å². The second-order valence-corrected chi connectivity index (χ2v) is 7.41. The Hall–Kier alpha value is -0.530. The largest absolute Gasteiger partial charge is 0.244 e. The topological polar surface area (TPSA) is 46.2 Å². The quantitative estimate of drug-likeness (QED) is 0.883. The molecule has 1 fully saturated rings. The molecule has 0 amide bonds. The van der Waals surface area contributed by atoms with Crippen LogP contribution in [0, 0.1) is 17.6 Å². The van der Waals surface area contributed by atoms with Crippen LogP contribution in [-0.2, 0) is 10.0 Å². The van der Waals surface area contributed by atoms with Crippen LogP contribution in [0.2, 0.25) is 0 Å². The summed E-state index contributed by atoms with van der Waals surface area (Å²) in [6.45, 7) is 1.74. The summed E-state index contributed by atoms with van der Waals surface area (Å²) < 4.78 is 53.1. The van der Waals surface area contributed by atoms with Gasteiger partial charge in [-0.3, -0.25) is 0 Å². The lowest BCUT2D eigenvalue weighted by Gasteiger charge is -2.15. The van der Waals surface area contributed by atoms with Crippen molar-refractivity contribution in [2.45, 2.75) is 37.1 Å².